The first-order chi connectivity index (χ1) is 16.3. The molecule has 0 radical (unpaired) electrons. The van der Waals surface area contributed by atoms with Crippen LogP contribution in [0.15, 0.2) is 53.3 Å². The number of carbonyl (C=O) groups excluding carboxylic acids is 1. The van der Waals surface area contributed by atoms with Gasteiger partial charge in [-0.2, -0.15) is 5.10 Å². The van der Waals surface area contributed by atoms with Gasteiger partial charge in [-0.3, -0.25) is 14.2 Å². The van der Waals surface area contributed by atoms with Crippen LogP contribution in [0.4, 0.5) is 4.39 Å². The largest absolute Gasteiger partial charge is 0.352 e. The number of fused-ring (bicyclic) bond motifs is 1. The Kier molecular flexibility index (Phi) is 6.84. The second-order valence-corrected chi connectivity index (χ2v) is 8.67. The molecule has 0 fully saturated rings. The molecule has 0 atom stereocenters. The summed E-state index contributed by atoms with van der Waals surface area (Å²) >= 11 is 5.90. The molecule has 1 N–H and O–H groups in total. The third kappa shape index (κ3) is 4.61. The Labute approximate surface area is 202 Å². The van der Waals surface area contributed by atoms with Crippen molar-refractivity contribution in [1.82, 2.24) is 19.7 Å². The van der Waals surface area contributed by atoms with Crippen molar-refractivity contribution < 1.29 is 9.18 Å². The topological polar surface area (TPSA) is 68.9 Å². The van der Waals surface area contributed by atoms with Crippen molar-refractivity contribution in [1.29, 1.82) is 0 Å². The van der Waals surface area contributed by atoms with Gasteiger partial charge in [0.2, 0.25) is 5.91 Å². The average Bonchev–Trinajstić information content (AvgIpc) is 3.16. The smallest absolute Gasteiger partial charge is 0.255 e. The summed E-state index contributed by atoms with van der Waals surface area (Å²) in [5.74, 6) is -0.508. The molecular formula is C26H26ClFN4O2. The summed E-state index contributed by atoms with van der Waals surface area (Å²) < 4.78 is 17.1. The van der Waals surface area contributed by atoms with Gasteiger partial charge in [0, 0.05) is 35.5 Å². The second kappa shape index (κ2) is 9.81. The number of pyridine rings is 1. The predicted octanol–water partition coefficient (Wildman–Crippen LogP) is 4.87. The Bertz CT molecular complexity index is 1420. The summed E-state index contributed by atoms with van der Waals surface area (Å²) in [5, 5.41) is 9.00. The monoisotopic (exact) mass is 480 g/mol. The van der Waals surface area contributed by atoms with Crippen molar-refractivity contribution in [2.75, 3.05) is 0 Å². The van der Waals surface area contributed by atoms with Crippen LogP contribution in [0.2, 0.25) is 5.02 Å². The maximum absolute atomic E-state index is 13.9. The zero-order chi connectivity index (χ0) is 24.4. The van der Waals surface area contributed by atoms with Crippen LogP contribution in [0.5, 0.6) is 0 Å². The molecule has 0 aliphatic rings. The summed E-state index contributed by atoms with van der Waals surface area (Å²) in [6, 6.07) is 13.4. The number of hydrogen-bond donors (Lipinski definition) is 1. The Hall–Kier alpha value is -3.45. The van der Waals surface area contributed by atoms with Crippen LogP contribution in [-0.4, -0.2) is 20.3 Å². The standard InChI is InChI=1S/C26H26ClFN4O2/c1-4-31-25-24(17(3)30-32(25)21-7-5-6-20(28)14-21)16(2)22(26(31)34)12-13-23(33)29-15-18-8-10-19(27)11-9-18/h5-11,14H,4,12-13,15H2,1-3H3,(H,29,33). The predicted molar refractivity (Wildman–Crippen MR) is 132 cm³/mol. The molecule has 4 rings (SSSR count). The number of rotatable bonds is 7. The molecule has 2 aromatic carbocycles. The van der Waals surface area contributed by atoms with E-state index in [-0.39, 0.29) is 23.7 Å². The molecule has 0 aliphatic heterocycles. The Balaban J connectivity index is 1.64. The van der Waals surface area contributed by atoms with Crippen LogP contribution < -0.4 is 10.9 Å². The lowest BCUT2D eigenvalue weighted by molar-refractivity contribution is -0.121. The summed E-state index contributed by atoms with van der Waals surface area (Å²) in [7, 11) is 0. The van der Waals surface area contributed by atoms with Gasteiger partial charge in [-0.15, -0.1) is 0 Å². The van der Waals surface area contributed by atoms with Crippen molar-refractivity contribution in [3.63, 3.8) is 0 Å². The molecule has 4 aromatic rings. The average molecular weight is 481 g/mol. The van der Waals surface area contributed by atoms with Gasteiger partial charge in [-0.25, -0.2) is 9.07 Å². The van der Waals surface area contributed by atoms with Gasteiger partial charge in [0.1, 0.15) is 11.5 Å². The SMILES string of the molecule is CCn1c(=O)c(CCC(=O)NCc2ccc(Cl)cc2)c(C)c2c(C)nn(-c3cccc(F)c3)c21. The van der Waals surface area contributed by atoms with E-state index in [0.29, 0.717) is 41.4 Å². The quantitative estimate of drug-likeness (QED) is 0.410. The molecular weight excluding hydrogens is 455 g/mol. The van der Waals surface area contributed by atoms with Crippen LogP contribution in [0.1, 0.15) is 35.7 Å². The number of carbonyl (C=O) groups is 1. The van der Waals surface area contributed by atoms with Crippen LogP contribution in [-0.2, 0) is 24.3 Å². The number of nitrogens with one attached hydrogen (secondary N) is 1. The highest BCUT2D eigenvalue weighted by molar-refractivity contribution is 6.30. The minimum absolute atomic E-state index is 0.135. The Morgan fingerprint density at radius 2 is 1.88 bits per heavy atom. The first kappa shape index (κ1) is 23.7. The number of halogens is 2. The Morgan fingerprint density at radius 3 is 2.56 bits per heavy atom. The lowest BCUT2D eigenvalue weighted by Gasteiger charge is -2.14. The van der Waals surface area contributed by atoms with E-state index < -0.39 is 0 Å². The molecule has 176 valence electrons. The lowest BCUT2D eigenvalue weighted by Crippen LogP contribution is -2.28. The number of amides is 1. The van der Waals surface area contributed by atoms with Gasteiger partial charge in [0.15, 0.2) is 0 Å². The third-order valence-electron chi connectivity index (χ3n) is 6.00. The summed E-state index contributed by atoms with van der Waals surface area (Å²) in [6.45, 7) is 6.46. The van der Waals surface area contributed by atoms with Crippen LogP contribution in [0.25, 0.3) is 16.7 Å². The number of hydrogen-bond acceptors (Lipinski definition) is 3. The molecule has 0 saturated heterocycles. The normalized spacial score (nSPS) is 11.2. The summed E-state index contributed by atoms with van der Waals surface area (Å²) in [6.07, 6.45) is 0.508. The highest BCUT2D eigenvalue weighted by Gasteiger charge is 2.21. The molecule has 2 heterocycles. The van der Waals surface area contributed by atoms with Crippen molar-refractivity contribution in [2.24, 2.45) is 0 Å². The Morgan fingerprint density at radius 1 is 1.15 bits per heavy atom. The summed E-state index contributed by atoms with van der Waals surface area (Å²) in [4.78, 5) is 25.9. The van der Waals surface area contributed by atoms with Gasteiger partial charge in [0.05, 0.1) is 11.4 Å². The van der Waals surface area contributed by atoms with Crippen LogP contribution in [0, 0.1) is 19.7 Å². The minimum atomic E-state index is -0.373. The molecule has 0 unspecified atom stereocenters. The van der Waals surface area contributed by atoms with Crippen molar-refractivity contribution in [3.8, 4) is 5.69 Å². The molecule has 0 spiro atoms. The molecule has 8 heteroatoms. The zero-order valence-electron chi connectivity index (χ0n) is 19.4. The van der Waals surface area contributed by atoms with Gasteiger partial charge < -0.3 is 5.32 Å². The van der Waals surface area contributed by atoms with Crippen molar-refractivity contribution >= 4 is 28.5 Å². The fourth-order valence-electron chi connectivity index (χ4n) is 4.28. The fraction of sp³-hybridized carbons (Fsp3) is 0.269. The van der Waals surface area contributed by atoms with E-state index in [1.807, 2.05) is 32.9 Å². The van der Waals surface area contributed by atoms with Gasteiger partial charge in [0.25, 0.3) is 5.56 Å². The van der Waals surface area contributed by atoms with E-state index in [4.69, 9.17) is 11.6 Å². The molecule has 1 amide bonds. The van der Waals surface area contributed by atoms with Gasteiger partial charge in [-0.1, -0.05) is 29.8 Å². The number of benzene rings is 2. The van der Waals surface area contributed by atoms with E-state index >= 15 is 0 Å². The lowest BCUT2D eigenvalue weighted by atomic mass is 10.0. The maximum atomic E-state index is 13.9. The van der Waals surface area contributed by atoms with Crippen LogP contribution in [0.3, 0.4) is 0 Å². The molecule has 0 aliphatic carbocycles. The number of nitrogens with zero attached hydrogens (tertiary/aromatic N) is 3. The van der Waals surface area contributed by atoms with Crippen molar-refractivity contribution in [3.05, 3.63) is 92.1 Å². The number of aromatic nitrogens is 3. The summed E-state index contributed by atoms with van der Waals surface area (Å²) in [5.41, 5.74) is 4.11. The molecule has 6 nitrogen and oxygen atoms in total. The van der Waals surface area contributed by atoms with E-state index in [1.54, 1.807) is 33.5 Å². The third-order valence-corrected chi connectivity index (χ3v) is 6.25. The van der Waals surface area contributed by atoms with Gasteiger partial charge >= 0.3 is 0 Å². The first-order valence-corrected chi connectivity index (χ1v) is 11.6. The van der Waals surface area contributed by atoms with Crippen LogP contribution >= 0.6 is 11.6 Å². The first-order valence-electron chi connectivity index (χ1n) is 11.2. The molecule has 34 heavy (non-hydrogen) atoms. The molecule has 0 bridgehead atoms. The fourth-order valence-corrected chi connectivity index (χ4v) is 4.41. The van der Waals surface area contributed by atoms with E-state index in [0.717, 1.165) is 22.2 Å². The highest BCUT2D eigenvalue weighted by Crippen LogP contribution is 2.26. The van der Waals surface area contributed by atoms with E-state index in [2.05, 4.69) is 10.4 Å². The highest BCUT2D eigenvalue weighted by atomic mass is 35.5. The molecule has 0 saturated carbocycles. The van der Waals surface area contributed by atoms with Gasteiger partial charge in [-0.05, 0) is 68.7 Å². The maximum Gasteiger partial charge on any atom is 0.255 e. The van der Waals surface area contributed by atoms with E-state index in [9.17, 15) is 14.0 Å². The van der Waals surface area contributed by atoms with E-state index in [1.165, 1.54) is 12.1 Å². The van der Waals surface area contributed by atoms with Crippen molar-refractivity contribution in [2.45, 2.75) is 46.7 Å². The second-order valence-electron chi connectivity index (χ2n) is 8.23. The number of aryl methyl sites for hydroxylation is 3. The molecule has 2 aromatic heterocycles. The minimum Gasteiger partial charge on any atom is -0.352 e. The zero-order valence-corrected chi connectivity index (χ0v) is 20.1.